The number of nitrogens with one attached hydrogen (secondary N) is 4. The van der Waals surface area contributed by atoms with Crippen molar-refractivity contribution in [1.82, 2.24) is 16.2 Å². The summed E-state index contributed by atoms with van der Waals surface area (Å²) in [7, 11) is 0. The smallest absolute Gasteiger partial charge is 0.227 e. The lowest BCUT2D eigenvalue weighted by molar-refractivity contribution is -0.119. The molecule has 28 heavy (non-hydrogen) atoms. The topological polar surface area (TPSA) is 78.3 Å². The fourth-order valence-corrected chi connectivity index (χ4v) is 4.24. The molecule has 2 aromatic rings. The molecule has 2 heterocycles. The van der Waals surface area contributed by atoms with Crippen molar-refractivity contribution in [3.63, 3.8) is 0 Å². The lowest BCUT2D eigenvalue weighted by Crippen LogP contribution is -2.28. The molecule has 0 radical (unpaired) electrons. The number of hydrazine groups is 1. The molecule has 4 N–H and O–H groups in total. The van der Waals surface area contributed by atoms with Gasteiger partial charge in [0.15, 0.2) is 0 Å². The number of furan rings is 1. The van der Waals surface area contributed by atoms with Gasteiger partial charge in [0.1, 0.15) is 11.5 Å². The van der Waals surface area contributed by atoms with Crippen LogP contribution in [-0.2, 0) is 11.3 Å². The van der Waals surface area contributed by atoms with E-state index in [0.29, 0.717) is 5.92 Å². The van der Waals surface area contributed by atoms with Gasteiger partial charge in [0.05, 0.1) is 6.04 Å². The van der Waals surface area contributed by atoms with Gasteiger partial charge in [0, 0.05) is 37.2 Å². The molecule has 1 aromatic carbocycles. The Morgan fingerprint density at radius 1 is 1.21 bits per heavy atom. The SMILES string of the molecule is Cc1ccc(C2NNCC2CNCc2cccc(NC(=O)C3CCCC3)c2)o1. The van der Waals surface area contributed by atoms with Crippen molar-refractivity contribution in [2.75, 3.05) is 18.4 Å². The zero-order chi connectivity index (χ0) is 19.3. The summed E-state index contributed by atoms with van der Waals surface area (Å²) in [5, 5.41) is 6.64. The fourth-order valence-electron chi connectivity index (χ4n) is 4.24. The molecule has 1 aliphatic carbocycles. The number of carbonyl (C=O) groups is 1. The summed E-state index contributed by atoms with van der Waals surface area (Å²) < 4.78 is 5.79. The molecule has 1 aliphatic heterocycles. The Morgan fingerprint density at radius 3 is 2.86 bits per heavy atom. The molecule has 2 aliphatic rings. The highest BCUT2D eigenvalue weighted by atomic mass is 16.3. The minimum absolute atomic E-state index is 0.169. The molecule has 1 amide bonds. The standard InChI is InChI=1S/C22H30N4O2/c1-15-9-10-20(28-15)21-18(14-24-26-21)13-23-12-16-5-4-8-19(11-16)25-22(27)17-6-2-3-7-17/h4-5,8-11,17-18,21,23-24,26H,2-3,6-7,12-14H2,1H3,(H,25,27). The Kier molecular flexibility index (Phi) is 6.10. The van der Waals surface area contributed by atoms with Crippen LogP contribution in [0.1, 0.15) is 48.8 Å². The highest BCUT2D eigenvalue weighted by Gasteiger charge is 2.30. The molecule has 2 unspecified atom stereocenters. The van der Waals surface area contributed by atoms with Gasteiger partial charge >= 0.3 is 0 Å². The second-order valence-corrected chi connectivity index (χ2v) is 8.01. The molecule has 2 fully saturated rings. The van der Waals surface area contributed by atoms with Crippen molar-refractivity contribution in [3.05, 3.63) is 53.5 Å². The minimum atomic E-state index is 0.169. The summed E-state index contributed by atoms with van der Waals surface area (Å²) in [4.78, 5) is 12.3. The van der Waals surface area contributed by atoms with Gasteiger partial charge in [0.25, 0.3) is 0 Å². The highest BCUT2D eigenvalue weighted by Crippen LogP contribution is 2.27. The van der Waals surface area contributed by atoms with Crippen molar-refractivity contribution in [2.45, 2.75) is 45.2 Å². The fraction of sp³-hybridized carbons (Fsp3) is 0.500. The van der Waals surface area contributed by atoms with Gasteiger partial charge < -0.3 is 15.1 Å². The van der Waals surface area contributed by atoms with Gasteiger partial charge in [0.2, 0.25) is 5.91 Å². The van der Waals surface area contributed by atoms with E-state index in [1.54, 1.807) is 0 Å². The van der Waals surface area contributed by atoms with Gasteiger partial charge in [-0.3, -0.25) is 10.2 Å². The summed E-state index contributed by atoms with van der Waals surface area (Å²) in [5.74, 6) is 2.68. The largest absolute Gasteiger partial charge is 0.465 e. The third-order valence-corrected chi connectivity index (χ3v) is 5.82. The zero-order valence-corrected chi connectivity index (χ0v) is 16.5. The second-order valence-electron chi connectivity index (χ2n) is 8.01. The summed E-state index contributed by atoms with van der Waals surface area (Å²) in [6, 6.07) is 12.4. The van der Waals surface area contributed by atoms with E-state index in [0.717, 1.165) is 49.7 Å². The zero-order valence-electron chi connectivity index (χ0n) is 16.5. The normalized spacial score (nSPS) is 22.6. The average molecular weight is 383 g/mol. The molecule has 4 rings (SSSR count). The highest BCUT2D eigenvalue weighted by molar-refractivity contribution is 5.92. The van der Waals surface area contributed by atoms with Crippen molar-refractivity contribution in [2.24, 2.45) is 11.8 Å². The number of hydrogen-bond acceptors (Lipinski definition) is 5. The van der Waals surface area contributed by atoms with E-state index in [9.17, 15) is 4.79 Å². The van der Waals surface area contributed by atoms with Crippen molar-refractivity contribution in [1.29, 1.82) is 0 Å². The van der Waals surface area contributed by atoms with E-state index in [-0.39, 0.29) is 17.9 Å². The maximum Gasteiger partial charge on any atom is 0.227 e. The van der Waals surface area contributed by atoms with Crippen LogP contribution in [0.4, 0.5) is 5.69 Å². The maximum absolute atomic E-state index is 12.3. The van der Waals surface area contributed by atoms with Crippen LogP contribution in [0, 0.1) is 18.8 Å². The van der Waals surface area contributed by atoms with Crippen molar-refractivity contribution < 1.29 is 9.21 Å². The third-order valence-electron chi connectivity index (χ3n) is 5.82. The van der Waals surface area contributed by atoms with Crippen LogP contribution >= 0.6 is 0 Å². The maximum atomic E-state index is 12.3. The number of amides is 1. The number of carbonyl (C=O) groups excluding carboxylic acids is 1. The van der Waals surface area contributed by atoms with E-state index in [4.69, 9.17) is 4.42 Å². The first-order chi connectivity index (χ1) is 13.7. The predicted octanol–water partition coefficient (Wildman–Crippen LogP) is 3.27. The van der Waals surface area contributed by atoms with Gasteiger partial charge in [-0.05, 0) is 49.6 Å². The van der Waals surface area contributed by atoms with Crippen LogP contribution in [0.5, 0.6) is 0 Å². The Bertz CT molecular complexity index is 797. The number of rotatable bonds is 7. The number of anilines is 1. The molecule has 6 nitrogen and oxygen atoms in total. The van der Waals surface area contributed by atoms with Crippen LogP contribution in [-0.4, -0.2) is 19.0 Å². The average Bonchev–Trinajstić information content (AvgIpc) is 3.43. The Balaban J connectivity index is 1.28. The Morgan fingerprint density at radius 2 is 2.07 bits per heavy atom. The monoisotopic (exact) mass is 382 g/mol. The molecule has 6 heteroatoms. The lowest BCUT2D eigenvalue weighted by Gasteiger charge is -2.17. The van der Waals surface area contributed by atoms with Crippen LogP contribution in [0.15, 0.2) is 40.8 Å². The Hall–Kier alpha value is -2.15. The number of aryl methyl sites for hydroxylation is 1. The molecular weight excluding hydrogens is 352 g/mol. The molecule has 150 valence electrons. The van der Waals surface area contributed by atoms with Crippen LogP contribution in [0.3, 0.4) is 0 Å². The van der Waals surface area contributed by atoms with Gasteiger partial charge in [-0.2, -0.15) is 0 Å². The van der Waals surface area contributed by atoms with E-state index in [1.807, 2.05) is 31.2 Å². The molecule has 1 aromatic heterocycles. The Labute approximate surface area is 166 Å². The first-order valence-electron chi connectivity index (χ1n) is 10.3. The van der Waals surface area contributed by atoms with Crippen molar-refractivity contribution >= 4 is 11.6 Å². The number of hydrogen-bond donors (Lipinski definition) is 4. The van der Waals surface area contributed by atoms with Crippen molar-refractivity contribution in [3.8, 4) is 0 Å². The summed E-state index contributed by atoms with van der Waals surface area (Å²) in [6.07, 6.45) is 4.39. The molecule has 0 spiro atoms. The van der Waals surface area contributed by atoms with Crippen LogP contribution in [0.2, 0.25) is 0 Å². The summed E-state index contributed by atoms with van der Waals surface area (Å²) in [5.41, 5.74) is 8.62. The second kappa shape index (κ2) is 8.90. The molecular formula is C22H30N4O2. The quantitative estimate of drug-likeness (QED) is 0.591. The summed E-state index contributed by atoms with van der Waals surface area (Å²) in [6.45, 7) is 4.52. The first kappa shape index (κ1) is 19.2. The summed E-state index contributed by atoms with van der Waals surface area (Å²) >= 11 is 0. The van der Waals surface area contributed by atoms with Gasteiger partial charge in [-0.25, -0.2) is 5.43 Å². The molecule has 1 saturated carbocycles. The van der Waals surface area contributed by atoms with E-state index in [2.05, 4.69) is 33.6 Å². The van der Waals surface area contributed by atoms with E-state index >= 15 is 0 Å². The number of benzene rings is 1. The van der Waals surface area contributed by atoms with Gasteiger partial charge in [-0.1, -0.05) is 25.0 Å². The van der Waals surface area contributed by atoms with Crippen LogP contribution in [0.25, 0.3) is 0 Å². The molecule has 1 saturated heterocycles. The minimum Gasteiger partial charge on any atom is -0.465 e. The van der Waals surface area contributed by atoms with E-state index < -0.39 is 0 Å². The molecule has 2 atom stereocenters. The van der Waals surface area contributed by atoms with Gasteiger partial charge in [-0.15, -0.1) is 0 Å². The van der Waals surface area contributed by atoms with Crippen LogP contribution < -0.4 is 21.5 Å². The predicted molar refractivity (Wildman–Crippen MR) is 110 cm³/mol. The first-order valence-corrected chi connectivity index (χ1v) is 10.3. The molecule has 0 bridgehead atoms. The third kappa shape index (κ3) is 4.63. The van der Waals surface area contributed by atoms with E-state index in [1.165, 1.54) is 18.4 Å². The lowest BCUT2D eigenvalue weighted by atomic mass is 10.00.